The average Bonchev–Trinajstić information content (AvgIpc) is 3.25. The summed E-state index contributed by atoms with van der Waals surface area (Å²) < 4.78 is 9.98. The molecule has 1 aliphatic heterocycles. The highest BCUT2D eigenvalue weighted by Gasteiger charge is 2.31. The molecule has 2 aromatic heterocycles. The van der Waals surface area contributed by atoms with Crippen LogP contribution >= 0.6 is 11.6 Å². The Morgan fingerprint density at radius 1 is 1.36 bits per heavy atom. The standard InChI is InChI=1S/C18H22ClN5O/c1-11-13(9-21-24(11)3)18-14(6-7-25-18)20-10-17-22-15-8-12(19)4-5-16(15)23(17)2/h4-5,8-9,14,18,20H,6-7,10H2,1-3H3/t14-,18+/m0/s1. The van der Waals surface area contributed by atoms with Gasteiger partial charge in [0, 0.05) is 43.0 Å². The van der Waals surface area contributed by atoms with Crippen molar-refractivity contribution in [3.8, 4) is 0 Å². The van der Waals surface area contributed by atoms with Gasteiger partial charge in [-0.2, -0.15) is 5.10 Å². The molecule has 2 atom stereocenters. The van der Waals surface area contributed by atoms with Gasteiger partial charge in [-0.3, -0.25) is 4.68 Å². The van der Waals surface area contributed by atoms with Crippen LogP contribution in [0.3, 0.4) is 0 Å². The van der Waals surface area contributed by atoms with E-state index in [4.69, 9.17) is 21.3 Å². The lowest BCUT2D eigenvalue weighted by atomic mass is 10.0. The van der Waals surface area contributed by atoms with E-state index in [1.54, 1.807) is 0 Å². The van der Waals surface area contributed by atoms with Gasteiger partial charge in [-0.05, 0) is 31.5 Å². The minimum atomic E-state index is 0.0397. The second-order valence-corrected chi connectivity index (χ2v) is 7.03. The molecule has 1 aliphatic rings. The summed E-state index contributed by atoms with van der Waals surface area (Å²) >= 11 is 6.08. The van der Waals surface area contributed by atoms with Gasteiger partial charge in [-0.25, -0.2) is 4.98 Å². The minimum absolute atomic E-state index is 0.0397. The first-order valence-corrected chi connectivity index (χ1v) is 8.86. The van der Waals surface area contributed by atoms with E-state index in [9.17, 15) is 0 Å². The van der Waals surface area contributed by atoms with Crippen LogP contribution in [-0.4, -0.2) is 32.0 Å². The number of imidazole rings is 1. The molecule has 0 spiro atoms. The lowest BCUT2D eigenvalue weighted by Crippen LogP contribution is -2.32. The van der Waals surface area contributed by atoms with Crippen LogP contribution in [0.25, 0.3) is 11.0 Å². The molecular formula is C18H22ClN5O. The SMILES string of the molecule is Cc1c([C@H]2OCC[C@@H]2NCc2nc3cc(Cl)ccc3n2C)cnn1C. The molecular weight excluding hydrogens is 338 g/mol. The maximum Gasteiger partial charge on any atom is 0.123 e. The summed E-state index contributed by atoms with van der Waals surface area (Å²) in [5.74, 6) is 0.992. The quantitative estimate of drug-likeness (QED) is 0.778. The Labute approximate surface area is 151 Å². The van der Waals surface area contributed by atoms with Gasteiger partial charge in [0.1, 0.15) is 11.9 Å². The third kappa shape index (κ3) is 2.94. The molecule has 25 heavy (non-hydrogen) atoms. The van der Waals surface area contributed by atoms with E-state index in [0.717, 1.165) is 41.1 Å². The Balaban J connectivity index is 1.52. The number of benzene rings is 1. The molecule has 0 unspecified atom stereocenters. The van der Waals surface area contributed by atoms with Crippen molar-refractivity contribution < 1.29 is 4.74 Å². The molecule has 3 aromatic rings. The number of aryl methyl sites for hydroxylation is 2. The number of hydrogen-bond donors (Lipinski definition) is 1. The van der Waals surface area contributed by atoms with Gasteiger partial charge in [0.15, 0.2) is 0 Å². The summed E-state index contributed by atoms with van der Waals surface area (Å²) in [6.07, 6.45) is 2.93. The fraction of sp³-hybridized carbons (Fsp3) is 0.444. The number of nitrogens with zero attached hydrogens (tertiary/aromatic N) is 4. The van der Waals surface area contributed by atoms with E-state index in [1.807, 2.05) is 43.2 Å². The normalized spacial score (nSPS) is 20.6. The monoisotopic (exact) mass is 359 g/mol. The highest BCUT2D eigenvalue weighted by atomic mass is 35.5. The Morgan fingerprint density at radius 3 is 2.96 bits per heavy atom. The van der Waals surface area contributed by atoms with Crippen LogP contribution < -0.4 is 5.32 Å². The lowest BCUT2D eigenvalue weighted by molar-refractivity contribution is 0.0977. The number of nitrogens with one attached hydrogen (secondary N) is 1. The van der Waals surface area contributed by atoms with Gasteiger partial charge in [0.05, 0.1) is 23.8 Å². The highest BCUT2D eigenvalue weighted by Crippen LogP contribution is 2.31. The largest absolute Gasteiger partial charge is 0.372 e. The first-order chi connectivity index (χ1) is 12.0. The molecule has 0 saturated carbocycles. The summed E-state index contributed by atoms with van der Waals surface area (Å²) in [7, 11) is 3.99. The predicted molar refractivity (Wildman–Crippen MR) is 97.6 cm³/mol. The van der Waals surface area contributed by atoms with Crippen molar-refractivity contribution >= 4 is 22.6 Å². The Bertz CT molecular complexity index is 916. The Morgan fingerprint density at radius 2 is 2.20 bits per heavy atom. The first kappa shape index (κ1) is 16.6. The summed E-state index contributed by atoms with van der Waals surface area (Å²) in [5, 5.41) is 8.68. The number of rotatable bonds is 4. The predicted octanol–water partition coefficient (Wildman–Crippen LogP) is 2.89. The van der Waals surface area contributed by atoms with Crippen molar-refractivity contribution in [1.82, 2.24) is 24.6 Å². The zero-order valence-corrected chi connectivity index (χ0v) is 15.4. The van der Waals surface area contributed by atoms with Gasteiger partial charge in [0.2, 0.25) is 0 Å². The molecule has 3 heterocycles. The van der Waals surface area contributed by atoms with E-state index in [2.05, 4.69) is 21.9 Å². The van der Waals surface area contributed by atoms with Crippen molar-refractivity contribution in [3.63, 3.8) is 0 Å². The molecule has 1 fully saturated rings. The maximum atomic E-state index is 6.08. The minimum Gasteiger partial charge on any atom is -0.372 e. The van der Waals surface area contributed by atoms with Crippen LogP contribution in [0.1, 0.15) is 29.6 Å². The third-order valence-electron chi connectivity index (χ3n) is 5.13. The van der Waals surface area contributed by atoms with Crippen LogP contribution in [0.2, 0.25) is 5.02 Å². The summed E-state index contributed by atoms with van der Waals surface area (Å²) in [4.78, 5) is 4.71. The Hall–Kier alpha value is -1.89. The zero-order valence-electron chi connectivity index (χ0n) is 14.7. The highest BCUT2D eigenvalue weighted by molar-refractivity contribution is 6.31. The second-order valence-electron chi connectivity index (χ2n) is 6.60. The smallest absolute Gasteiger partial charge is 0.123 e. The van der Waals surface area contributed by atoms with Gasteiger partial charge in [-0.15, -0.1) is 0 Å². The number of fused-ring (bicyclic) bond motifs is 1. The molecule has 6 nitrogen and oxygen atoms in total. The van der Waals surface area contributed by atoms with E-state index >= 15 is 0 Å². The van der Waals surface area contributed by atoms with E-state index < -0.39 is 0 Å². The fourth-order valence-corrected chi connectivity index (χ4v) is 3.67. The number of ether oxygens (including phenoxy) is 1. The zero-order chi connectivity index (χ0) is 17.6. The summed E-state index contributed by atoms with van der Waals surface area (Å²) in [5.41, 5.74) is 4.32. The first-order valence-electron chi connectivity index (χ1n) is 8.49. The number of hydrogen-bond acceptors (Lipinski definition) is 4. The van der Waals surface area contributed by atoms with Crippen LogP contribution in [0.4, 0.5) is 0 Å². The molecule has 0 amide bonds. The molecule has 132 valence electrons. The van der Waals surface area contributed by atoms with Crippen molar-refractivity contribution in [2.45, 2.75) is 32.0 Å². The van der Waals surface area contributed by atoms with Crippen molar-refractivity contribution in [2.24, 2.45) is 14.1 Å². The van der Waals surface area contributed by atoms with Gasteiger partial charge in [-0.1, -0.05) is 11.6 Å². The fourth-order valence-electron chi connectivity index (χ4n) is 3.50. The number of halogens is 1. The van der Waals surface area contributed by atoms with Crippen LogP contribution in [0, 0.1) is 6.92 Å². The van der Waals surface area contributed by atoms with Crippen molar-refractivity contribution in [1.29, 1.82) is 0 Å². The van der Waals surface area contributed by atoms with Crippen LogP contribution in [0.15, 0.2) is 24.4 Å². The van der Waals surface area contributed by atoms with E-state index in [1.165, 1.54) is 0 Å². The molecule has 0 bridgehead atoms. The molecule has 4 rings (SSSR count). The molecule has 0 radical (unpaired) electrons. The lowest BCUT2D eigenvalue weighted by Gasteiger charge is -2.19. The second kappa shape index (κ2) is 6.44. The van der Waals surface area contributed by atoms with Gasteiger partial charge in [0.25, 0.3) is 0 Å². The van der Waals surface area contributed by atoms with Gasteiger partial charge < -0.3 is 14.6 Å². The molecule has 1 saturated heterocycles. The number of aromatic nitrogens is 4. The molecule has 0 aliphatic carbocycles. The topological polar surface area (TPSA) is 56.9 Å². The van der Waals surface area contributed by atoms with E-state index in [0.29, 0.717) is 11.6 Å². The average molecular weight is 360 g/mol. The summed E-state index contributed by atoms with van der Waals surface area (Å²) in [6.45, 7) is 3.53. The maximum absolute atomic E-state index is 6.08. The third-order valence-corrected chi connectivity index (χ3v) is 5.36. The van der Waals surface area contributed by atoms with Crippen LogP contribution in [-0.2, 0) is 25.4 Å². The molecule has 1 N–H and O–H groups in total. The van der Waals surface area contributed by atoms with Crippen molar-refractivity contribution in [3.05, 3.63) is 46.5 Å². The Kier molecular flexibility index (Phi) is 4.27. The molecule has 1 aromatic carbocycles. The van der Waals surface area contributed by atoms with Crippen LogP contribution in [0.5, 0.6) is 0 Å². The van der Waals surface area contributed by atoms with E-state index in [-0.39, 0.29) is 12.1 Å². The van der Waals surface area contributed by atoms with Gasteiger partial charge >= 0.3 is 0 Å². The summed E-state index contributed by atoms with van der Waals surface area (Å²) in [6, 6.07) is 6.07. The molecule has 7 heteroatoms. The van der Waals surface area contributed by atoms with Crippen molar-refractivity contribution in [2.75, 3.05) is 6.61 Å².